The maximum Gasteiger partial charge on any atom is 0.350 e. The normalized spacial score (nSPS) is 25.4. The number of hydrogen-bond donors (Lipinski definition) is 4. The van der Waals surface area contributed by atoms with Crippen molar-refractivity contribution in [2.24, 2.45) is 0 Å². The lowest BCUT2D eigenvalue weighted by Gasteiger charge is -2.16. The molecule has 1 saturated carbocycles. The molecule has 0 aromatic carbocycles. The smallest absolute Gasteiger partial charge is 0.350 e. The van der Waals surface area contributed by atoms with Crippen molar-refractivity contribution in [1.82, 2.24) is 19.7 Å². The van der Waals surface area contributed by atoms with Crippen LogP contribution in [0, 0.1) is 0 Å². The first-order valence-electron chi connectivity index (χ1n) is 9.90. The first-order valence-corrected chi connectivity index (χ1v) is 12.1. The number of rotatable bonds is 8. The van der Waals surface area contributed by atoms with Crippen molar-refractivity contribution in [3.05, 3.63) is 11.5 Å². The molecule has 2 fully saturated rings. The van der Waals surface area contributed by atoms with Crippen LogP contribution in [0.15, 0.2) is 6.20 Å². The Morgan fingerprint density at radius 1 is 1.33 bits per heavy atom. The third-order valence-electron chi connectivity index (χ3n) is 5.38. The summed E-state index contributed by atoms with van der Waals surface area (Å²) in [5.74, 6) is 0.653. The van der Waals surface area contributed by atoms with Crippen molar-refractivity contribution in [3.8, 4) is 0 Å². The van der Waals surface area contributed by atoms with Gasteiger partial charge in [-0.05, 0) is 24.4 Å². The number of aromatic nitrogens is 4. The van der Waals surface area contributed by atoms with Gasteiger partial charge in [0.1, 0.15) is 18.3 Å². The van der Waals surface area contributed by atoms with Crippen LogP contribution in [0.5, 0.6) is 0 Å². The van der Waals surface area contributed by atoms with E-state index in [1.54, 1.807) is 10.9 Å². The Kier molecular flexibility index (Phi) is 6.59. The summed E-state index contributed by atoms with van der Waals surface area (Å²) < 4.78 is 23.3. The lowest BCUT2D eigenvalue weighted by atomic mass is 10.1. The van der Waals surface area contributed by atoms with Gasteiger partial charge in [0.2, 0.25) is 5.28 Å². The fraction of sp³-hybridized carbons (Fsp3) is 0.706. The first-order chi connectivity index (χ1) is 14.3. The summed E-state index contributed by atoms with van der Waals surface area (Å²) in [5.41, 5.74) is 0.549. The standard InChI is InChI=1S/C17H25ClN5O6P/c18-17-21-15(20-10-3-1-2-4-10)12-6-19-23(16(12)22-17)7-14-13(24)5-11(29-14)8-28-9-30(25,26)27/h6,10-11,13-14,24H,1-5,7-9H2,(H,20,21,22)(H2,25,26,27)/t11-,13+,14+/m0/s1. The average molecular weight is 462 g/mol. The first kappa shape index (κ1) is 21.9. The Hall–Kier alpha value is -1.33. The summed E-state index contributed by atoms with van der Waals surface area (Å²) in [4.78, 5) is 26.3. The highest BCUT2D eigenvalue weighted by Gasteiger charge is 2.35. The summed E-state index contributed by atoms with van der Waals surface area (Å²) in [6.07, 6.45) is 4.07. The van der Waals surface area contributed by atoms with Gasteiger partial charge in [-0.15, -0.1) is 0 Å². The van der Waals surface area contributed by atoms with Gasteiger partial charge in [0, 0.05) is 12.5 Å². The molecule has 2 aromatic heterocycles. The van der Waals surface area contributed by atoms with Gasteiger partial charge in [-0.25, -0.2) is 4.68 Å². The molecule has 166 valence electrons. The van der Waals surface area contributed by atoms with Crippen molar-refractivity contribution >= 4 is 36.0 Å². The van der Waals surface area contributed by atoms with Crippen molar-refractivity contribution in [2.75, 3.05) is 18.3 Å². The molecule has 2 aromatic rings. The minimum atomic E-state index is -4.23. The number of aliphatic hydroxyl groups is 1. The highest BCUT2D eigenvalue weighted by atomic mass is 35.5. The molecule has 1 saturated heterocycles. The van der Waals surface area contributed by atoms with Gasteiger partial charge in [0.15, 0.2) is 5.65 Å². The molecule has 3 atom stereocenters. The number of fused-ring (bicyclic) bond motifs is 1. The number of nitrogens with one attached hydrogen (secondary N) is 1. The SMILES string of the molecule is O=P(O)(O)COC[C@@H]1C[C@@H](O)[C@@H](Cn2ncc3c(NC4CCCC4)nc(Cl)nc32)O1. The second-order valence-corrected chi connectivity index (χ2v) is 9.72. The molecule has 0 unspecified atom stereocenters. The van der Waals surface area contributed by atoms with Crippen LogP contribution >= 0.6 is 19.2 Å². The van der Waals surface area contributed by atoms with Crippen LogP contribution in [0.1, 0.15) is 32.1 Å². The monoisotopic (exact) mass is 461 g/mol. The molecular weight excluding hydrogens is 437 g/mol. The minimum absolute atomic E-state index is 0.0119. The van der Waals surface area contributed by atoms with Gasteiger partial charge in [0.25, 0.3) is 0 Å². The second-order valence-electron chi connectivity index (χ2n) is 7.80. The highest BCUT2D eigenvalue weighted by molar-refractivity contribution is 7.51. The number of aliphatic hydroxyl groups excluding tert-OH is 1. The maximum absolute atomic E-state index is 10.9. The van der Waals surface area contributed by atoms with Gasteiger partial charge in [-0.2, -0.15) is 15.1 Å². The van der Waals surface area contributed by atoms with Crippen LogP contribution < -0.4 is 5.32 Å². The van der Waals surface area contributed by atoms with E-state index in [-0.39, 0.29) is 18.4 Å². The predicted octanol–water partition coefficient (Wildman–Crippen LogP) is 1.50. The third kappa shape index (κ3) is 5.28. The number of ether oxygens (including phenoxy) is 2. The molecule has 13 heteroatoms. The Morgan fingerprint density at radius 3 is 2.83 bits per heavy atom. The van der Waals surface area contributed by atoms with Crippen molar-refractivity contribution in [3.63, 3.8) is 0 Å². The van der Waals surface area contributed by atoms with E-state index >= 15 is 0 Å². The molecule has 4 rings (SSSR count). The van der Waals surface area contributed by atoms with Crippen LogP contribution in [0.2, 0.25) is 5.28 Å². The quantitative estimate of drug-likeness (QED) is 0.336. The number of halogens is 1. The predicted molar refractivity (Wildman–Crippen MR) is 108 cm³/mol. The molecule has 1 aliphatic heterocycles. The molecule has 0 amide bonds. The van der Waals surface area contributed by atoms with E-state index < -0.39 is 32.3 Å². The summed E-state index contributed by atoms with van der Waals surface area (Å²) >= 11 is 6.14. The van der Waals surface area contributed by atoms with Gasteiger partial charge < -0.3 is 29.7 Å². The van der Waals surface area contributed by atoms with Crippen LogP contribution in [0.25, 0.3) is 11.0 Å². The van der Waals surface area contributed by atoms with Crippen molar-refractivity contribution < 1.29 is 28.9 Å². The Bertz CT molecular complexity index is 933. The average Bonchev–Trinajstić information content (AvgIpc) is 3.37. The summed E-state index contributed by atoms with van der Waals surface area (Å²) in [6, 6.07) is 0.358. The molecule has 2 aliphatic rings. The molecule has 30 heavy (non-hydrogen) atoms. The minimum Gasteiger partial charge on any atom is -0.390 e. The topological polar surface area (TPSA) is 152 Å². The van der Waals surface area contributed by atoms with Gasteiger partial charge in [-0.1, -0.05) is 12.8 Å². The zero-order valence-corrected chi connectivity index (χ0v) is 17.9. The van der Waals surface area contributed by atoms with E-state index in [0.717, 1.165) is 18.2 Å². The third-order valence-corrected chi connectivity index (χ3v) is 6.07. The Labute approximate surface area is 177 Å². The summed E-state index contributed by atoms with van der Waals surface area (Å²) in [6.45, 7) is 0.234. The van der Waals surface area contributed by atoms with E-state index in [1.165, 1.54) is 12.8 Å². The van der Waals surface area contributed by atoms with Crippen LogP contribution in [0.4, 0.5) is 5.82 Å². The Morgan fingerprint density at radius 2 is 2.10 bits per heavy atom. The molecular formula is C17H25ClN5O6P. The van der Waals surface area contributed by atoms with E-state index in [4.69, 9.17) is 30.9 Å². The lowest BCUT2D eigenvalue weighted by molar-refractivity contribution is -0.0298. The van der Waals surface area contributed by atoms with Crippen molar-refractivity contribution in [1.29, 1.82) is 0 Å². The van der Waals surface area contributed by atoms with Crippen LogP contribution in [-0.2, 0) is 20.6 Å². The fourth-order valence-electron chi connectivity index (χ4n) is 4.00. The second kappa shape index (κ2) is 9.04. The van der Waals surface area contributed by atoms with E-state index in [9.17, 15) is 9.67 Å². The molecule has 1 aliphatic carbocycles. The van der Waals surface area contributed by atoms with Crippen LogP contribution in [-0.4, -0.2) is 72.0 Å². The lowest BCUT2D eigenvalue weighted by Crippen LogP contribution is -2.27. The fourth-order valence-corrected chi connectivity index (χ4v) is 4.50. The highest BCUT2D eigenvalue weighted by Crippen LogP contribution is 2.34. The van der Waals surface area contributed by atoms with E-state index in [2.05, 4.69) is 20.4 Å². The molecule has 3 heterocycles. The molecule has 0 radical (unpaired) electrons. The number of anilines is 1. The van der Waals surface area contributed by atoms with Gasteiger partial charge in [0.05, 0.1) is 36.9 Å². The van der Waals surface area contributed by atoms with Crippen molar-refractivity contribution in [2.45, 2.75) is 63.0 Å². The largest absolute Gasteiger partial charge is 0.390 e. The number of nitrogens with zero attached hydrogens (tertiary/aromatic N) is 4. The molecule has 11 nitrogen and oxygen atoms in total. The van der Waals surface area contributed by atoms with Crippen LogP contribution in [0.3, 0.4) is 0 Å². The summed E-state index contributed by atoms with van der Waals surface area (Å²) in [7, 11) is -4.23. The maximum atomic E-state index is 10.9. The zero-order valence-electron chi connectivity index (χ0n) is 16.2. The van der Waals surface area contributed by atoms with Gasteiger partial charge in [-0.3, -0.25) is 4.57 Å². The molecule has 4 N–H and O–H groups in total. The van der Waals surface area contributed by atoms with Gasteiger partial charge >= 0.3 is 7.60 Å². The van der Waals surface area contributed by atoms with E-state index in [1.807, 2.05) is 0 Å². The number of hydrogen-bond acceptors (Lipinski definition) is 8. The zero-order chi connectivity index (χ0) is 21.3. The van der Waals surface area contributed by atoms with E-state index in [0.29, 0.717) is 23.9 Å². The molecule has 0 spiro atoms. The Balaban J connectivity index is 1.43. The molecule has 0 bridgehead atoms. The summed E-state index contributed by atoms with van der Waals surface area (Å²) in [5, 5.41) is 19.0.